The second-order valence-corrected chi connectivity index (χ2v) is 23.4. The standard InChI is InChI=1S/C62H119NO11S/c1-3-5-7-9-11-13-15-17-18-19-20-21-22-23-24-25-26-27-28-29-30-31-32-33-34-35-36-37-38-40-42-44-46-48-50-52-58(66)63-55(56(65)51-49-47-45-43-41-39-16-14-12-10-8-6-4-2)54-72-62-60(68)61(74-75(69,70)71)59(67)57(53-64)73-62/h22-23,25-26,55-57,59-62,64-65,67-68H,3-21,24,27-54H2,1-2H3,(H,63,66)(H,69,70,71)/b23-22-,26-25-. The molecule has 1 amide bonds. The Balaban J connectivity index is 2.18. The van der Waals surface area contributed by atoms with Crippen LogP contribution in [0, 0.1) is 0 Å². The van der Waals surface area contributed by atoms with Crippen LogP contribution in [-0.4, -0.2) is 95.4 Å². The molecule has 0 radical (unpaired) electrons. The van der Waals surface area contributed by atoms with Crippen molar-refractivity contribution in [2.75, 3.05) is 13.2 Å². The van der Waals surface area contributed by atoms with Crippen molar-refractivity contribution in [1.29, 1.82) is 0 Å². The number of hydrogen-bond acceptors (Lipinski definition) is 10. The van der Waals surface area contributed by atoms with E-state index in [0.29, 0.717) is 12.8 Å². The van der Waals surface area contributed by atoms with Crippen molar-refractivity contribution in [3.05, 3.63) is 24.3 Å². The minimum atomic E-state index is -5.08. The zero-order valence-electron chi connectivity index (χ0n) is 48.4. The SMILES string of the molecule is CCCCCCCCCCCCC/C=C\C/C=C\CCCCCCCCCCCCCCCCCCCC(=O)NC(COC1OC(CO)C(O)C(OS(=O)(=O)O)C1O)C(O)CCCCCCCCCCCCCCC. The fourth-order valence-corrected chi connectivity index (χ4v) is 10.9. The summed E-state index contributed by atoms with van der Waals surface area (Å²) in [5, 5.41) is 45.1. The van der Waals surface area contributed by atoms with Crippen LogP contribution in [0.25, 0.3) is 0 Å². The van der Waals surface area contributed by atoms with Crippen LogP contribution in [0.5, 0.6) is 0 Å². The predicted molar refractivity (Wildman–Crippen MR) is 310 cm³/mol. The lowest BCUT2D eigenvalue weighted by molar-refractivity contribution is -0.298. The van der Waals surface area contributed by atoms with Crippen molar-refractivity contribution in [3.63, 3.8) is 0 Å². The zero-order chi connectivity index (χ0) is 54.7. The third-order valence-corrected chi connectivity index (χ3v) is 15.7. The lowest BCUT2D eigenvalue weighted by Gasteiger charge is -2.41. The topological polar surface area (TPSA) is 192 Å². The molecule has 6 N–H and O–H groups in total. The summed E-state index contributed by atoms with van der Waals surface area (Å²) in [6, 6.07) is -0.856. The fourth-order valence-electron chi connectivity index (χ4n) is 10.4. The molecule has 0 aliphatic carbocycles. The van der Waals surface area contributed by atoms with Gasteiger partial charge in [0.25, 0.3) is 0 Å². The van der Waals surface area contributed by atoms with Gasteiger partial charge in [-0.25, -0.2) is 4.18 Å². The molecule has 0 bridgehead atoms. The molecule has 1 rings (SSSR count). The molecule has 1 saturated heterocycles. The van der Waals surface area contributed by atoms with E-state index in [0.717, 1.165) is 57.8 Å². The Kier molecular flexibility index (Phi) is 49.6. The molecular formula is C62H119NO11S. The van der Waals surface area contributed by atoms with E-state index in [2.05, 4.69) is 47.7 Å². The number of rotatable bonds is 56. The number of allylic oxidation sites excluding steroid dienone is 4. The molecule has 0 aromatic rings. The Hall–Kier alpha value is -1.42. The number of aliphatic hydroxyl groups is 4. The van der Waals surface area contributed by atoms with Gasteiger partial charge in [-0.1, -0.05) is 282 Å². The van der Waals surface area contributed by atoms with E-state index in [1.165, 1.54) is 225 Å². The van der Waals surface area contributed by atoms with Crippen molar-refractivity contribution in [1.82, 2.24) is 5.32 Å². The highest BCUT2D eigenvalue weighted by Gasteiger charge is 2.48. The van der Waals surface area contributed by atoms with Crippen LogP contribution in [0.4, 0.5) is 0 Å². The Bertz CT molecular complexity index is 1420. The van der Waals surface area contributed by atoms with Crippen molar-refractivity contribution in [2.45, 2.75) is 352 Å². The molecule has 7 unspecified atom stereocenters. The van der Waals surface area contributed by atoms with Gasteiger partial charge in [0, 0.05) is 6.42 Å². The van der Waals surface area contributed by atoms with Gasteiger partial charge in [0.1, 0.15) is 24.4 Å². The molecule has 0 saturated carbocycles. The van der Waals surface area contributed by atoms with Crippen LogP contribution in [0.1, 0.15) is 309 Å². The van der Waals surface area contributed by atoms with Crippen LogP contribution in [0.15, 0.2) is 24.3 Å². The molecule has 444 valence electrons. The van der Waals surface area contributed by atoms with Crippen molar-refractivity contribution in [2.24, 2.45) is 0 Å². The maximum absolute atomic E-state index is 13.1. The normalized spacial score (nSPS) is 19.2. The third-order valence-electron chi connectivity index (χ3n) is 15.3. The minimum Gasteiger partial charge on any atom is -0.394 e. The quantitative estimate of drug-likeness (QED) is 0.0193. The van der Waals surface area contributed by atoms with Crippen molar-refractivity contribution >= 4 is 16.3 Å². The van der Waals surface area contributed by atoms with Gasteiger partial charge in [-0.05, 0) is 44.9 Å². The first-order chi connectivity index (χ1) is 36.5. The second kappa shape index (κ2) is 52.0. The zero-order valence-corrected chi connectivity index (χ0v) is 49.2. The Labute approximate surface area is 461 Å². The average molecular weight is 1090 g/mol. The monoisotopic (exact) mass is 1090 g/mol. The first-order valence-electron chi connectivity index (χ1n) is 31.7. The highest BCUT2D eigenvalue weighted by molar-refractivity contribution is 7.80. The highest BCUT2D eigenvalue weighted by Crippen LogP contribution is 2.26. The van der Waals surface area contributed by atoms with Gasteiger partial charge < -0.3 is 35.2 Å². The molecule has 1 aliphatic heterocycles. The van der Waals surface area contributed by atoms with Crippen molar-refractivity contribution < 1.29 is 51.8 Å². The smallest absolute Gasteiger partial charge is 0.394 e. The van der Waals surface area contributed by atoms with Crippen LogP contribution in [-0.2, 0) is 28.9 Å². The lowest BCUT2D eigenvalue weighted by atomic mass is 9.99. The first-order valence-corrected chi connectivity index (χ1v) is 33.1. The van der Waals surface area contributed by atoms with E-state index < -0.39 is 59.9 Å². The summed E-state index contributed by atoms with van der Waals surface area (Å²) in [7, 11) is -5.08. The van der Waals surface area contributed by atoms with Gasteiger partial charge >= 0.3 is 10.4 Å². The number of hydrogen-bond donors (Lipinski definition) is 6. The first kappa shape index (κ1) is 71.6. The number of amides is 1. The van der Waals surface area contributed by atoms with Gasteiger partial charge in [-0.15, -0.1) is 0 Å². The molecule has 0 spiro atoms. The van der Waals surface area contributed by atoms with Gasteiger partial charge in [0.05, 0.1) is 25.4 Å². The molecule has 1 fully saturated rings. The van der Waals surface area contributed by atoms with Crippen LogP contribution in [0.2, 0.25) is 0 Å². The van der Waals surface area contributed by atoms with Gasteiger partial charge in [0.15, 0.2) is 6.29 Å². The lowest BCUT2D eigenvalue weighted by Crippen LogP contribution is -2.61. The van der Waals surface area contributed by atoms with Gasteiger partial charge in [0.2, 0.25) is 5.91 Å². The maximum atomic E-state index is 13.1. The van der Waals surface area contributed by atoms with E-state index in [-0.39, 0.29) is 12.5 Å². The molecule has 1 aliphatic rings. The summed E-state index contributed by atoms with van der Waals surface area (Å²) in [5.74, 6) is -0.226. The van der Waals surface area contributed by atoms with E-state index >= 15 is 0 Å². The van der Waals surface area contributed by atoms with Gasteiger partial charge in [-0.2, -0.15) is 8.42 Å². The number of carbonyl (C=O) groups is 1. The molecule has 12 nitrogen and oxygen atoms in total. The minimum absolute atomic E-state index is 0.226. The predicted octanol–water partition coefficient (Wildman–Crippen LogP) is 15.6. The van der Waals surface area contributed by atoms with Gasteiger partial charge in [-0.3, -0.25) is 9.35 Å². The van der Waals surface area contributed by atoms with E-state index in [4.69, 9.17) is 9.47 Å². The van der Waals surface area contributed by atoms with E-state index in [1.54, 1.807) is 0 Å². The molecule has 13 heteroatoms. The summed E-state index contributed by atoms with van der Waals surface area (Å²) >= 11 is 0. The molecule has 0 aromatic carbocycles. The summed E-state index contributed by atoms with van der Waals surface area (Å²) < 4.78 is 47.9. The molecule has 0 aromatic heterocycles. The van der Waals surface area contributed by atoms with Crippen LogP contribution < -0.4 is 5.32 Å². The van der Waals surface area contributed by atoms with Crippen LogP contribution >= 0.6 is 0 Å². The molecule has 75 heavy (non-hydrogen) atoms. The summed E-state index contributed by atoms with van der Waals surface area (Å²) in [6.45, 7) is 3.48. The number of unbranched alkanes of at least 4 members (excludes halogenated alkanes) is 40. The third kappa shape index (κ3) is 44.1. The Morgan fingerprint density at radius 3 is 1.27 bits per heavy atom. The fraction of sp³-hybridized carbons (Fsp3) is 0.919. The largest absolute Gasteiger partial charge is 0.397 e. The molecule has 1 heterocycles. The maximum Gasteiger partial charge on any atom is 0.397 e. The number of ether oxygens (including phenoxy) is 2. The number of aliphatic hydroxyl groups excluding tert-OH is 4. The Morgan fingerprint density at radius 2 is 0.893 bits per heavy atom. The summed E-state index contributed by atoms with van der Waals surface area (Å²) in [5.41, 5.74) is 0. The molecular weight excluding hydrogens is 967 g/mol. The number of carbonyl (C=O) groups excluding carboxylic acids is 1. The Morgan fingerprint density at radius 1 is 0.533 bits per heavy atom. The van der Waals surface area contributed by atoms with E-state index in [1.807, 2.05) is 0 Å². The van der Waals surface area contributed by atoms with Crippen LogP contribution in [0.3, 0.4) is 0 Å². The molecule has 7 atom stereocenters. The van der Waals surface area contributed by atoms with E-state index in [9.17, 15) is 38.2 Å². The highest BCUT2D eigenvalue weighted by atomic mass is 32.3. The van der Waals surface area contributed by atoms with Crippen molar-refractivity contribution in [3.8, 4) is 0 Å². The summed E-state index contributed by atoms with van der Waals surface area (Å²) in [6.07, 6.45) is 56.5. The second-order valence-electron chi connectivity index (χ2n) is 22.4. The average Bonchev–Trinajstić information content (AvgIpc) is 3.39. The summed E-state index contributed by atoms with van der Waals surface area (Å²) in [4.78, 5) is 13.1. The number of nitrogens with one attached hydrogen (secondary N) is 1.